The van der Waals surface area contributed by atoms with Gasteiger partial charge in [0.2, 0.25) is 0 Å². The lowest BCUT2D eigenvalue weighted by Crippen LogP contribution is -2.07. The molecule has 1 N–H and O–H groups in total. The third-order valence-electron chi connectivity index (χ3n) is 1.96. The van der Waals surface area contributed by atoms with E-state index in [0.29, 0.717) is 19.3 Å². The van der Waals surface area contributed by atoms with E-state index in [4.69, 9.17) is 4.74 Å². The maximum Gasteiger partial charge on any atom is 0.311 e. The summed E-state index contributed by atoms with van der Waals surface area (Å²) in [4.78, 5) is 11.4. The zero-order valence-electron chi connectivity index (χ0n) is 8.80. The molecule has 0 spiro atoms. The molecular formula is C11H12I2O3. The van der Waals surface area contributed by atoms with E-state index in [1.165, 1.54) is 0 Å². The van der Waals surface area contributed by atoms with E-state index in [0.717, 1.165) is 12.8 Å². The van der Waals surface area contributed by atoms with Crippen molar-refractivity contribution in [2.24, 2.45) is 0 Å². The van der Waals surface area contributed by atoms with Crippen molar-refractivity contribution in [3.63, 3.8) is 0 Å². The van der Waals surface area contributed by atoms with E-state index in [1.54, 1.807) is 12.1 Å². The zero-order valence-corrected chi connectivity index (χ0v) is 13.1. The Morgan fingerprint density at radius 3 is 2.44 bits per heavy atom. The summed E-state index contributed by atoms with van der Waals surface area (Å²) >= 11 is 4.01. The van der Waals surface area contributed by atoms with Crippen LogP contribution < -0.4 is 4.74 Å². The Bertz CT molecular complexity index is 368. The average molecular weight is 446 g/mol. The van der Waals surface area contributed by atoms with E-state index in [2.05, 4.69) is 0 Å². The number of hydrogen-bond donors (Lipinski definition) is 1. The van der Waals surface area contributed by atoms with Gasteiger partial charge in [0.05, 0.1) is 7.14 Å². The van der Waals surface area contributed by atoms with Gasteiger partial charge in [-0.15, -0.1) is 0 Å². The van der Waals surface area contributed by atoms with Gasteiger partial charge >= 0.3 is 5.97 Å². The summed E-state index contributed by atoms with van der Waals surface area (Å²) in [7, 11) is 0. The largest absolute Gasteiger partial charge is 0.506 e. The van der Waals surface area contributed by atoms with Crippen molar-refractivity contribution in [3.8, 4) is 11.5 Å². The van der Waals surface area contributed by atoms with Gasteiger partial charge in [0.15, 0.2) is 0 Å². The van der Waals surface area contributed by atoms with Crippen LogP contribution in [0, 0.1) is 7.14 Å². The van der Waals surface area contributed by atoms with E-state index >= 15 is 0 Å². The molecule has 0 heterocycles. The molecule has 1 aromatic rings. The topological polar surface area (TPSA) is 46.5 Å². The summed E-state index contributed by atoms with van der Waals surface area (Å²) in [5, 5.41) is 9.55. The molecule has 16 heavy (non-hydrogen) atoms. The number of carbonyl (C=O) groups is 1. The monoisotopic (exact) mass is 446 g/mol. The molecule has 0 amide bonds. The number of phenolic OH excluding ortho intramolecular Hbond substituents is 1. The highest BCUT2D eigenvalue weighted by Crippen LogP contribution is 2.30. The van der Waals surface area contributed by atoms with Gasteiger partial charge in [-0.3, -0.25) is 4.79 Å². The van der Waals surface area contributed by atoms with Crippen LogP contribution in [-0.2, 0) is 4.79 Å². The summed E-state index contributed by atoms with van der Waals surface area (Å²) in [6.07, 6.45) is 2.25. The Labute approximate surface area is 122 Å². The highest BCUT2D eigenvalue weighted by Gasteiger charge is 2.09. The fourth-order valence-corrected chi connectivity index (χ4v) is 2.82. The summed E-state index contributed by atoms with van der Waals surface area (Å²) in [6, 6.07) is 3.31. The van der Waals surface area contributed by atoms with Crippen LogP contribution in [0.1, 0.15) is 26.2 Å². The molecule has 0 bridgehead atoms. The van der Waals surface area contributed by atoms with Gasteiger partial charge in [-0.2, -0.15) is 0 Å². The summed E-state index contributed by atoms with van der Waals surface area (Å²) < 4.78 is 6.54. The van der Waals surface area contributed by atoms with Crippen LogP contribution in [0.2, 0.25) is 0 Å². The van der Waals surface area contributed by atoms with Gasteiger partial charge in [-0.05, 0) is 63.7 Å². The molecule has 0 radical (unpaired) electrons. The standard InChI is InChI=1S/C11H12I2O3/c1-2-3-4-10(14)16-7-5-8(12)11(15)9(13)6-7/h5-6,15H,2-4H2,1H3. The smallest absolute Gasteiger partial charge is 0.311 e. The third kappa shape index (κ3) is 4.08. The second kappa shape index (κ2) is 6.63. The van der Waals surface area contributed by atoms with E-state index in [-0.39, 0.29) is 11.7 Å². The molecule has 1 rings (SSSR count). The number of ether oxygens (including phenoxy) is 1. The van der Waals surface area contributed by atoms with Crippen LogP contribution in [-0.4, -0.2) is 11.1 Å². The van der Waals surface area contributed by atoms with Gasteiger partial charge in [-0.25, -0.2) is 0 Å². The molecule has 88 valence electrons. The minimum Gasteiger partial charge on any atom is -0.506 e. The molecule has 1 aromatic carbocycles. The van der Waals surface area contributed by atoms with Crippen molar-refractivity contribution in [1.29, 1.82) is 0 Å². The number of esters is 1. The van der Waals surface area contributed by atoms with Crippen LogP contribution in [0.5, 0.6) is 11.5 Å². The molecular weight excluding hydrogens is 434 g/mol. The summed E-state index contributed by atoms with van der Waals surface area (Å²) in [5.41, 5.74) is 0. The molecule has 0 unspecified atom stereocenters. The Kier molecular flexibility index (Phi) is 5.81. The van der Waals surface area contributed by atoms with Crippen molar-refractivity contribution < 1.29 is 14.6 Å². The fraction of sp³-hybridized carbons (Fsp3) is 0.364. The molecule has 3 nitrogen and oxygen atoms in total. The quantitative estimate of drug-likeness (QED) is 0.436. The molecule has 5 heteroatoms. The number of unbranched alkanes of at least 4 members (excludes halogenated alkanes) is 1. The Hall–Kier alpha value is -0.0500. The molecule has 0 atom stereocenters. The van der Waals surface area contributed by atoms with Gasteiger partial charge < -0.3 is 9.84 Å². The molecule has 0 aromatic heterocycles. The van der Waals surface area contributed by atoms with E-state index in [9.17, 15) is 9.90 Å². The van der Waals surface area contributed by atoms with Crippen molar-refractivity contribution in [2.75, 3.05) is 0 Å². The number of hydrogen-bond acceptors (Lipinski definition) is 3. The molecule has 0 saturated carbocycles. The third-order valence-corrected chi connectivity index (χ3v) is 3.60. The Morgan fingerprint density at radius 2 is 1.94 bits per heavy atom. The van der Waals surface area contributed by atoms with Gasteiger partial charge in [0, 0.05) is 6.42 Å². The zero-order chi connectivity index (χ0) is 12.1. The second-order valence-corrected chi connectivity index (χ2v) is 5.64. The van der Waals surface area contributed by atoms with Crippen molar-refractivity contribution >= 4 is 51.2 Å². The van der Waals surface area contributed by atoms with Crippen LogP contribution in [0.25, 0.3) is 0 Å². The SMILES string of the molecule is CCCCC(=O)Oc1cc(I)c(O)c(I)c1. The maximum absolute atomic E-state index is 11.4. The van der Waals surface area contributed by atoms with Gasteiger partial charge in [0.25, 0.3) is 0 Å². The number of rotatable bonds is 4. The number of phenols is 1. The second-order valence-electron chi connectivity index (χ2n) is 3.31. The summed E-state index contributed by atoms with van der Waals surface area (Å²) in [6.45, 7) is 2.03. The lowest BCUT2D eigenvalue weighted by Gasteiger charge is -2.06. The van der Waals surface area contributed by atoms with Gasteiger partial charge in [0.1, 0.15) is 11.5 Å². The van der Waals surface area contributed by atoms with Crippen LogP contribution in [0.3, 0.4) is 0 Å². The highest BCUT2D eigenvalue weighted by molar-refractivity contribution is 14.1. The summed E-state index contributed by atoms with van der Waals surface area (Å²) in [5.74, 6) is 0.501. The first-order valence-corrected chi connectivity index (χ1v) is 7.09. The average Bonchev–Trinajstić information content (AvgIpc) is 2.23. The minimum absolute atomic E-state index is 0.223. The first-order valence-electron chi connectivity index (χ1n) is 4.93. The Morgan fingerprint density at radius 1 is 1.38 bits per heavy atom. The molecule has 0 fully saturated rings. The van der Waals surface area contributed by atoms with Crippen molar-refractivity contribution in [1.82, 2.24) is 0 Å². The number of benzene rings is 1. The predicted octanol–water partition coefficient (Wildman–Crippen LogP) is 3.70. The highest BCUT2D eigenvalue weighted by atomic mass is 127. The van der Waals surface area contributed by atoms with Crippen LogP contribution in [0.15, 0.2) is 12.1 Å². The lowest BCUT2D eigenvalue weighted by molar-refractivity contribution is -0.134. The predicted molar refractivity (Wildman–Crippen MR) is 78.7 cm³/mol. The van der Waals surface area contributed by atoms with Crippen LogP contribution >= 0.6 is 45.2 Å². The molecule has 0 aliphatic rings. The number of halogens is 2. The first-order chi connectivity index (χ1) is 7.54. The maximum atomic E-state index is 11.4. The molecule has 0 saturated heterocycles. The van der Waals surface area contributed by atoms with E-state index < -0.39 is 0 Å². The first kappa shape index (κ1) is 14.0. The molecule has 0 aliphatic heterocycles. The molecule has 0 aliphatic carbocycles. The van der Waals surface area contributed by atoms with Gasteiger partial charge in [-0.1, -0.05) is 13.3 Å². The minimum atomic E-state index is -0.223. The lowest BCUT2D eigenvalue weighted by atomic mass is 10.2. The van der Waals surface area contributed by atoms with Crippen molar-refractivity contribution in [2.45, 2.75) is 26.2 Å². The van der Waals surface area contributed by atoms with Crippen LogP contribution in [0.4, 0.5) is 0 Å². The fourth-order valence-electron chi connectivity index (χ4n) is 1.10. The Balaban J connectivity index is 2.71. The van der Waals surface area contributed by atoms with E-state index in [1.807, 2.05) is 52.1 Å². The normalized spacial score (nSPS) is 10.2. The number of carbonyl (C=O) groups excluding carboxylic acids is 1. The number of aromatic hydroxyl groups is 1. The van der Waals surface area contributed by atoms with Crippen molar-refractivity contribution in [3.05, 3.63) is 19.3 Å².